The van der Waals surface area contributed by atoms with Gasteiger partial charge in [-0.2, -0.15) is 0 Å². The van der Waals surface area contributed by atoms with E-state index in [1.54, 1.807) is 31.6 Å². The first kappa shape index (κ1) is 18.8. The number of hydrogen-bond donors (Lipinski definition) is 0. The molecule has 0 saturated carbocycles. The van der Waals surface area contributed by atoms with Gasteiger partial charge in [0.25, 0.3) is 11.5 Å². The summed E-state index contributed by atoms with van der Waals surface area (Å²) in [4.78, 5) is 47.8. The first-order valence-corrected chi connectivity index (χ1v) is 8.78. The fourth-order valence-electron chi connectivity index (χ4n) is 3.26. The van der Waals surface area contributed by atoms with Crippen LogP contribution in [0.4, 0.5) is 0 Å². The van der Waals surface area contributed by atoms with Crippen molar-refractivity contribution < 1.29 is 14.3 Å². The highest BCUT2D eigenvalue weighted by Crippen LogP contribution is 2.21. The van der Waals surface area contributed by atoms with Crippen molar-refractivity contribution in [3.63, 3.8) is 0 Å². The van der Waals surface area contributed by atoms with Gasteiger partial charge in [-0.05, 0) is 38.3 Å². The summed E-state index contributed by atoms with van der Waals surface area (Å²) >= 11 is 0. The summed E-state index contributed by atoms with van der Waals surface area (Å²) < 4.78 is 6.23. The number of amides is 1. The van der Waals surface area contributed by atoms with Crippen LogP contribution < -0.4 is 5.56 Å². The Balaban J connectivity index is 1.93. The number of rotatable bonds is 4. The lowest BCUT2D eigenvalue weighted by molar-refractivity contribution is -0.145. The van der Waals surface area contributed by atoms with Crippen molar-refractivity contribution in [3.05, 3.63) is 57.5 Å². The van der Waals surface area contributed by atoms with Crippen LogP contribution >= 0.6 is 0 Å². The molecule has 8 heteroatoms. The van der Waals surface area contributed by atoms with Gasteiger partial charge in [0.15, 0.2) is 0 Å². The third-order valence-electron chi connectivity index (χ3n) is 4.74. The number of hydrogen-bond acceptors (Lipinski definition) is 6. The lowest BCUT2D eigenvalue weighted by Crippen LogP contribution is -2.44. The van der Waals surface area contributed by atoms with Crippen molar-refractivity contribution in [2.24, 2.45) is 0 Å². The van der Waals surface area contributed by atoms with Crippen molar-refractivity contribution in [2.45, 2.75) is 39.3 Å². The molecule has 8 nitrogen and oxygen atoms in total. The molecule has 1 aliphatic rings. The molecule has 0 unspecified atom stereocenters. The Morgan fingerprint density at radius 2 is 2.04 bits per heavy atom. The number of nitrogens with zero attached hydrogens (tertiary/aromatic N) is 4. The molecule has 0 spiro atoms. The predicted octanol–water partition coefficient (Wildman–Crippen LogP) is 1.08. The van der Waals surface area contributed by atoms with Crippen LogP contribution in [0.5, 0.6) is 0 Å². The molecule has 1 amide bonds. The first-order chi connectivity index (χ1) is 12.9. The van der Waals surface area contributed by atoms with E-state index >= 15 is 0 Å². The molecule has 0 aromatic carbocycles. The molecular formula is C19H22N4O4. The summed E-state index contributed by atoms with van der Waals surface area (Å²) in [6.45, 7) is 4.19. The molecule has 3 heterocycles. The number of carbonyl (C=O) groups excluding carboxylic acids is 2. The van der Waals surface area contributed by atoms with Crippen molar-refractivity contribution >= 4 is 11.9 Å². The lowest BCUT2D eigenvalue weighted by Gasteiger charge is -2.23. The molecule has 0 radical (unpaired) electrons. The number of esters is 1. The SMILES string of the molecule is COC(=O)[C@@H]1CCCN1C(=O)c1c(C)ccn(Cc2cnc(C)cn2)c1=O. The second kappa shape index (κ2) is 7.69. The van der Waals surface area contributed by atoms with E-state index in [1.165, 1.54) is 16.6 Å². The average molecular weight is 370 g/mol. The topological polar surface area (TPSA) is 94.4 Å². The van der Waals surface area contributed by atoms with Crippen molar-refractivity contribution in [1.29, 1.82) is 0 Å². The van der Waals surface area contributed by atoms with E-state index in [0.29, 0.717) is 30.6 Å². The number of ether oxygens (including phenoxy) is 1. The molecule has 0 N–H and O–H groups in total. The van der Waals surface area contributed by atoms with Gasteiger partial charge in [0.2, 0.25) is 0 Å². The Morgan fingerprint density at radius 3 is 2.70 bits per heavy atom. The van der Waals surface area contributed by atoms with Gasteiger partial charge in [-0.1, -0.05) is 0 Å². The van der Waals surface area contributed by atoms with Gasteiger partial charge >= 0.3 is 5.97 Å². The minimum atomic E-state index is -0.641. The van der Waals surface area contributed by atoms with Crippen LogP contribution in [-0.2, 0) is 16.1 Å². The number of methoxy groups -OCH3 is 1. The molecule has 1 atom stereocenters. The van der Waals surface area contributed by atoms with E-state index in [-0.39, 0.29) is 12.1 Å². The van der Waals surface area contributed by atoms with Gasteiger partial charge in [0.1, 0.15) is 11.6 Å². The average Bonchev–Trinajstić information content (AvgIpc) is 3.15. The number of pyridine rings is 1. The fourth-order valence-corrected chi connectivity index (χ4v) is 3.26. The molecular weight excluding hydrogens is 348 g/mol. The summed E-state index contributed by atoms with van der Waals surface area (Å²) in [6.07, 6.45) is 6.11. The van der Waals surface area contributed by atoms with Crippen LogP contribution in [0.1, 0.15) is 40.2 Å². The van der Waals surface area contributed by atoms with Crippen molar-refractivity contribution in [1.82, 2.24) is 19.4 Å². The maximum atomic E-state index is 13.0. The molecule has 0 bridgehead atoms. The highest BCUT2D eigenvalue weighted by atomic mass is 16.5. The summed E-state index contributed by atoms with van der Waals surface area (Å²) in [7, 11) is 1.30. The van der Waals surface area contributed by atoms with Crippen LogP contribution in [0.15, 0.2) is 29.5 Å². The van der Waals surface area contributed by atoms with Crippen molar-refractivity contribution in [2.75, 3.05) is 13.7 Å². The number of aromatic nitrogens is 3. The van der Waals surface area contributed by atoms with Crippen LogP contribution in [-0.4, -0.2) is 51.0 Å². The van der Waals surface area contributed by atoms with Gasteiger partial charge in [-0.3, -0.25) is 19.6 Å². The molecule has 27 heavy (non-hydrogen) atoms. The van der Waals surface area contributed by atoms with Gasteiger partial charge in [-0.25, -0.2) is 4.79 Å². The van der Waals surface area contributed by atoms with E-state index in [0.717, 1.165) is 5.69 Å². The number of carbonyl (C=O) groups is 2. The van der Waals surface area contributed by atoms with E-state index < -0.39 is 23.5 Å². The van der Waals surface area contributed by atoms with Gasteiger partial charge in [-0.15, -0.1) is 0 Å². The Hall–Kier alpha value is -3.03. The first-order valence-electron chi connectivity index (χ1n) is 8.78. The van der Waals surface area contributed by atoms with Crippen LogP contribution in [0.2, 0.25) is 0 Å². The zero-order chi connectivity index (χ0) is 19.6. The number of aryl methyl sites for hydroxylation is 2. The summed E-state index contributed by atoms with van der Waals surface area (Å²) in [5.74, 6) is -0.889. The maximum absolute atomic E-state index is 13.0. The van der Waals surface area contributed by atoms with Gasteiger partial charge in [0, 0.05) is 18.9 Å². The number of likely N-dealkylation sites (tertiary alicyclic amines) is 1. The third-order valence-corrected chi connectivity index (χ3v) is 4.74. The summed E-state index contributed by atoms with van der Waals surface area (Å²) in [5.41, 5.74) is 1.66. The Labute approximate surface area is 156 Å². The molecule has 142 valence electrons. The zero-order valence-corrected chi connectivity index (χ0v) is 15.6. The Morgan fingerprint density at radius 1 is 1.26 bits per heavy atom. The van der Waals surface area contributed by atoms with Gasteiger partial charge < -0.3 is 14.2 Å². The summed E-state index contributed by atoms with van der Waals surface area (Å²) in [5, 5.41) is 0. The minimum absolute atomic E-state index is 0.0772. The fraction of sp³-hybridized carbons (Fsp3) is 0.421. The second-order valence-electron chi connectivity index (χ2n) is 6.64. The van der Waals surface area contributed by atoms with Crippen LogP contribution in [0.25, 0.3) is 0 Å². The Kier molecular flexibility index (Phi) is 5.34. The van der Waals surface area contributed by atoms with Crippen molar-refractivity contribution in [3.8, 4) is 0 Å². The maximum Gasteiger partial charge on any atom is 0.328 e. The standard InChI is InChI=1S/C19H22N4O4/c1-12-6-8-22(11-14-10-20-13(2)9-21-14)17(24)16(12)18(25)23-7-4-5-15(23)19(26)27-3/h6,8-10,15H,4-5,7,11H2,1-3H3/t15-/m0/s1. The molecule has 1 saturated heterocycles. The zero-order valence-electron chi connectivity index (χ0n) is 15.6. The molecule has 2 aromatic heterocycles. The molecule has 1 aliphatic heterocycles. The predicted molar refractivity (Wildman–Crippen MR) is 97.4 cm³/mol. The minimum Gasteiger partial charge on any atom is -0.467 e. The lowest BCUT2D eigenvalue weighted by atomic mass is 10.1. The third kappa shape index (κ3) is 3.74. The van der Waals surface area contributed by atoms with Crippen LogP contribution in [0, 0.1) is 13.8 Å². The molecule has 3 rings (SSSR count). The highest BCUT2D eigenvalue weighted by Gasteiger charge is 2.36. The quantitative estimate of drug-likeness (QED) is 0.748. The molecule has 1 fully saturated rings. The van der Waals surface area contributed by atoms with E-state index in [9.17, 15) is 14.4 Å². The largest absolute Gasteiger partial charge is 0.467 e. The van der Waals surface area contributed by atoms with E-state index in [2.05, 4.69) is 9.97 Å². The van der Waals surface area contributed by atoms with Gasteiger partial charge in [0.05, 0.1) is 31.2 Å². The second-order valence-corrected chi connectivity index (χ2v) is 6.64. The van der Waals surface area contributed by atoms with E-state index in [1.807, 2.05) is 6.92 Å². The monoisotopic (exact) mass is 370 g/mol. The molecule has 2 aromatic rings. The van der Waals surface area contributed by atoms with Crippen LogP contribution in [0.3, 0.4) is 0 Å². The smallest absolute Gasteiger partial charge is 0.328 e. The normalized spacial score (nSPS) is 16.4. The summed E-state index contributed by atoms with van der Waals surface area (Å²) in [6, 6.07) is 1.08. The Bertz CT molecular complexity index is 920. The molecule has 0 aliphatic carbocycles. The van der Waals surface area contributed by atoms with E-state index in [4.69, 9.17) is 4.74 Å². The highest BCUT2D eigenvalue weighted by molar-refractivity contribution is 5.98.